The fraction of sp³-hybridized carbons (Fsp3) is 0.667. The smallest absolute Gasteiger partial charge is 0.154 e. The highest BCUT2D eigenvalue weighted by atomic mass is 32.2. The van der Waals surface area contributed by atoms with E-state index < -0.39 is 15.6 Å². The number of carbonyl (C=O) groups excluding carboxylic acids is 1. The molecule has 0 N–H and O–H groups in total. The van der Waals surface area contributed by atoms with Crippen molar-refractivity contribution in [3.8, 4) is 0 Å². The van der Waals surface area contributed by atoms with Gasteiger partial charge in [0.15, 0.2) is 15.6 Å². The summed E-state index contributed by atoms with van der Waals surface area (Å²) >= 11 is 0. The van der Waals surface area contributed by atoms with Gasteiger partial charge in [0.05, 0.1) is 18.2 Å². The second-order valence-electron chi connectivity index (χ2n) is 4.54. The van der Waals surface area contributed by atoms with Crippen LogP contribution in [0.5, 0.6) is 0 Å². The monoisotopic (exact) mass is 272 g/mol. The number of hydrogen-bond donors (Lipinski definition) is 0. The van der Waals surface area contributed by atoms with Gasteiger partial charge in [-0.15, -0.1) is 0 Å². The van der Waals surface area contributed by atoms with Crippen LogP contribution in [0, 0.1) is 0 Å². The molecule has 0 aliphatic heterocycles. The van der Waals surface area contributed by atoms with Crippen LogP contribution in [0.4, 0.5) is 0 Å². The lowest BCUT2D eigenvalue weighted by atomic mass is 10.2. The van der Waals surface area contributed by atoms with E-state index in [1.165, 1.54) is 0 Å². The maximum absolute atomic E-state index is 11.5. The van der Waals surface area contributed by atoms with E-state index in [0.29, 0.717) is 11.7 Å². The van der Waals surface area contributed by atoms with Crippen LogP contribution in [0.1, 0.15) is 38.4 Å². The quantitative estimate of drug-likeness (QED) is 0.752. The summed E-state index contributed by atoms with van der Waals surface area (Å²) in [7, 11) is -3.25. The first-order valence-electron chi connectivity index (χ1n) is 6.09. The van der Waals surface area contributed by atoms with Gasteiger partial charge in [0.25, 0.3) is 0 Å². The number of sulfone groups is 1. The number of ketones is 1. The Hall–Kier alpha value is -1.17. The van der Waals surface area contributed by atoms with E-state index in [1.54, 1.807) is 6.07 Å². The van der Waals surface area contributed by atoms with Crippen LogP contribution in [0.15, 0.2) is 12.3 Å². The third-order valence-corrected chi connectivity index (χ3v) is 3.63. The highest BCUT2D eigenvalue weighted by Crippen LogP contribution is 2.14. The fourth-order valence-corrected chi connectivity index (χ4v) is 2.57. The van der Waals surface area contributed by atoms with Gasteiger partial charge < -0.3 is 0 Å². The summed E-state index contributed by atoms with van der Waals surface area (Å²) in [6.45, 7) is 4.18. The molecule has 5 nitrogen and oxygen atoms in total. The summed E-state index contributed by atoms with van der Waals surface area (Å²) in [5.74, 6) is -0.725. The number of hydrogen-bond acceptors (Lipinski definition) is 4. The van der Waals surface area contributed by atoms with Crippen LogP contribution < -0.4 is 0 Å². The summed E-state index contributed by atoms with van der Waals surface area (Å²) < 4.78 is 23.8. The van der Waals surface area contributed by atoms with Crippen molar-refractivity contribution in [1.82, 2.24) is 9.78 Å². The summed E-state index contributed by atoms with van der Waals surface area (Å²) in [5.41, 5.74) is 0.635. The average molecular weight is 272 g/mol. The van der Waals surface area contributed by atoms with Gasteiger partial charge in [0.2, 0.25) is 0 Å². The van der Waals surface area contributed by atoms with Gasteiger partial charge in [-0.25, -0.2) is 8.42 Å². The zero-order valence-electron chi connectivity index (χ0n) is 11.1. The fourth-order valence-electron chi connectivity index (χ4n) is 1.88. The van der Waals surface area contributed by atoms with Crippen LogP contribution in [0.2, 0.25) is 0 Å². The molecule has 0 radical (unpaired) electrons. The van der Waals surface area contributed by atoms with E-state index in [0.717, 1.165) is 19.1 Å². The highest BCUT2D eigenvalue weighted by molar-refractivity contribution is 7.91. The number of rotatable bonds is 7. The molecule has 1 aromatic heterocycles. The van der Waals surface area contributed by atoms with Crippen molar-refractivity contribution in [2.75, 3.05) is 12.0 Å². The normalized spacial score (nSPS) is 12.0. The standard InChI is InChI=1S/C12H20N2O3S/c1-4-11(5-2)14-7-6-10(13-14)8-12(15)9-18(3,16)17/h6-7,11H,4-5,8-9H2,1-3H3. The number of Topliss-reactive ketones (excluding diaryl/α,β-unsaturated/α-hetero) is 1. The number of aromatic nitrogens is 2. The Morgan fingerprint density at radius 1 is 1.39 bits per heavy atom. The van der Waals surface area contributed by atoms with Gasteiger partial charge in [0.1, 0.15) is 5.75 Å². The molecule has 0 saturated carbocycles. The molecule has 0 aliphatic rings. The van der Waals surface area contributed by atoms with Gasteiger partial charge in [-0.2, -0.15) is 5.10 Å². The number of carbonyl (C=O) groups is 1. The van der Waals surface area contributed by atoms with Crippen LogP contribution in [0.25, 0.3) is 0 Å². The first-order chi connectivity index (χ1) is 8.35. The Morgan fingerprint density at radius 2 is 2.00 bits per heavy atom. The molecule has 0 atom stereocenters. The van der Waals surface area contributed by atoms with Crippen molar-refractivity contribution in [2.45, 2.75) is 39.2 Å². The zero-order chi connectivity index (χ0) is 13.8. The molecule has 6 heteroatoms. The molecule has 0 aromatic carbocycles. The predicted molar refractivity (Wildman–Crippen MR) is 70.3 cm³/mol. The Balaban J connectivity index is 2.67. The van der Waals surface area contributed by atoms with E-state index in [-0.39, 0.29) is 12.2 Å². The molecule has 102 valence electrons. The summed E-state index contributed by atoms with van der Waals surface area (Å²) in [6.07, 6.45) is 4.96. The minimum absolute atomic E-state index is 0.0836. The lowest BCUT2D eigenvalue weighted by Gasteiger charge is -2.12. The Labute approximate surface area is 108 Å². The van der Waals surface area contributed by atoms with Crippen LogP contribution in [-0.2, 0) is 21.1 Å². The van der Waals surface area contributed by atoms with E-state index in [2.05, 4.69) is 18.9 Å². The average Bonchev–Trinajstić information content (AvgIpc) is 2.65. The summed E-state index contributed by atoms with van der Waals surface area (Å²) in [6, 6.07) is 2.11. The van der Waals surface area contributed by atoms with E-state index in [4.69, 9.17) is 0 Å². The van der Waals surface area contributed by atoms with Crippen molar-refractivity contribution in [3.05, 3.63) is 18.0 Å². The third kappa shape index (κ3) is 4.60. The van der Waals surface area contributed by atoms with Gasteiger partial charge in [-0.1, -0.05) is 13.8 Å². The van der Waals surface area contributed by atoms with Crippen LogP contribution in [0.3, 0.4) is 0 Å². The maximum atomic E-state index is 11.5. The van der Waals surface area contributed by atoms with Crippen molar-refractivity contribution in [2.24, 2.45) is 0 Å². The minimum Gasteiger partial charge on any atom is -0.298 e. The molecular formula is C12H20N2O3S. The predicted octanol–water partition coefficient (Wildman–Crippen LogP) is 1.40. The van der Waals surface area contributed by atoms with E-state index in [9.17, 15) is 13.2 Å². The molecule has 0 spiro atoms. The third-order valence-electron chi connectivity index (χ3n) is 2.78. The first kappa shape index (κ1) is 14.9. The second-order valence-corrected chi connectivity index (χ2v) is 6.68. The first-order valence-corrected chi connectivity index (χ1v) is 8.15. The Kier molecular flexibility index (Phi) is 5.07. The molecule has 0 amide bonds. The van der Waals surface area contributed by atoms with Crippen LogP contribution >= 0.6 is 0 Å². The summed E-state index contributed by atoms with van der Waals surface area (Å²) in [4.78, 5) is 11.5. The lowest BCUT2D eigenvalue weighted by Crippen LogP contribution is -2.17. The van der Waals surface area contributed by atoms with Gasteiger partial charge >= 0.3 is 0 Å². The van der Waals surface area contributed by atoms with Crippen molar-refractivity contribution >= 4 is 15.6 Å². The molecule has 18 heavy (non-hydrogen) atoms. The van der Waals surface area contributed by atoms with Gasteiger partial charge in [-0.05, 0) is 18.9 Å². The zero-order valence-corrected chi connectivity index (χ0v) is 11.9. The largest absolute Gasteiger partial charge is 0.298 e. The molecule has 0 unspecified atom stereocenters. The molecule has 1 rings (SSSR count). The molecular weight excluding hydrogens is 252 g/mol. The molecule has 0 saturated heterocycles. The van der Waals surface area contributed by atoms with Gasteiger partial charge in [-0.3, -0.25) is 9.48 Å². The molecule has 1 heterocycles. The minimum atomic E-state index is -3.25. The Morgan fingerprint density at radius 3 is 2.50 bits per heavy atom. The molecule has 0 aliphatic carbocycles. The number of nitrogens with zero attached hydrogens (tertiary/aromatic N) is 2. The van der Waals surface area contributed by atoms with Crippen molar-refractivity contribution in [1.29, 1.82) is 0 Å². The summed E-state index contributed by atoms with van der Waals surface area (Å²) in [5, 5.41) is 4.32. The van der Waals surface area contributed by atoms with Gasteiger partial charge in [0, 0.05) is 12.5 Å². The lowest BCUT2D eigenvalue weighted by molar-refractivity contribution is -0.116. The molecule has 1 aromatic rings. The Bertz CT molecular complexity index is 501. The van der Waals surface area contributed by atoms with E-state index in [1.807, 2.05) is 10.9 Å². The molecule has 0 fully saturated rings. The van der Waals surface area contributed by atoms with Crippen molar-refractivity contribution < 1.29 is 13.2 Å². The van der Waals surface area contributed by atoms with E-state index >= 15 is 0 Å². The second kappa shape index (κ2) is 6.13. The highest BCUT2D eigenvalue weighted by Gasteiger charge is 2.14. The molecule has 0 bridgehead atoms. The van der Waals surface area contributed by atoms with Crippen LogP contribution in [-0.4, -0.2) is 36.0 Å². The topological polar surface area (TPSA) is 69.0 Å². The SMILES string of the molecule is CCC(CC)n1ccc(CC(=O)CS(C)(=O)=O)n1. The van der Waals surface area contributed by atoms with Crippen molar-refractivity contribution in [3.63, 3.8) is 0 Å². The maximum Gasteiger partial charge on any atom is 0.154 e.